The van der Waals surface area contributed by atoms with Gasteiger partial charge < -0.3 is 10.1 Å². The molecule has 0 aliphatic carbocycles. The van der Waals surface area contributed by atoms with Crippen molar-refractivity contribution in [3.63, 3.8) is 0 Å². The predicted octanol–water partition coefficient (Wildman–Crippen LogP) is 4.71. The highest BCUT2D eigenvalue weighted by Crippen LogP contribution is 2.27. The number of nitrogens with one attached hydrogen (secondary N) is 1. The number of ether oxygens (including phenoxy) is 1. The largest absolute Gasteiger partial charge is 0.434 e. The minimum absolute atomic E-state index is 0.127. The van der Waals surface area contributed by atoms with E-state index in [1.807, 2.05) is 0 Å². The van der Waals surface area contributed by atoms with Gasteiger partial charge in [0.25, 0.3) is 0 Å². The molecule has 0 heterocycles. The summed E-state index contributed by atoms with van der Waals surface area (Å²) in [6.07, 6.45) is 0. The topological polar surface area (TPSA) is 21.3 Å². The van der Waals surface area contributed by atoms with E-state index >= 15 is 0 Å². The van der Waals surface area contributed by atoms with Gasteiger partial charge in [0.2, 0.25) is 0 Å². The molecule has 0 aromatic heterocycles. The van der Waals surface area contributed by atoms with Gasteiger partial charge in [0.05, 0.1) is 0 Å². The number of rotatable bonds is 7. The number of hydrogen-bond donors (Lipinski definition) is 1. The van der Waals surface area contributed by atoms with Crippen molar-refractivity contribution in [2.75, 3.05) is 6.54 Å². The van der Waals surface area contributed by atoms with Crippen LogP contribution in [0.5, 0.6) is 5.75 Å². The van der Waals surface area contributed by atoms with Gasteiger partial charge in [0.1, 0.15) is 5.75 Å². The molecule has 5 heteroatoms. The summed E-state index contributed by atoms with van der Waals surface area (Å²) in [6.45, 7) is 7.04. The van der Waals surface area contributed by atoms with Gasteiger partial charge in [-0.3, -0.25) is 0 Å². The Bertz CT molecular complexity index is 436. The van der Waals surface area contributed by atoms with Crippen LogP contribution in [0.25, 0.3) is 0 Å². The first-order chi connectivity index (χ1) is 9.22. The average Bonchev–Trinajstić information content (AvgIpc) is 2.31. The van der Waals surface area contributed by atoms with Crippen molar-refractivity contribution in [1.29, 1.82) is 0 Å². The lowest BCUT2D eigenvalue weighted by atomic mass is 9.81. The van der Waals surface area contributed by atoms with E-state index in [9.17, 15) is 8.78 Å². The third-order valence-corrected chi connectivity index (χ3v) is 3.93. The maximum atomic E-state index is 12.3. The molecule has 20 heavy (non-hydrogen) atoms. The zero-order chi connectivity index (χ0) is 15.3. The zero-order valence-corrected chi connectivity index (χ0v) is 13.1. The maximum absolute atomic E-state index is 12.3. The van der Waals surface area contributed by atoms with Gasteiger partial charge >= 0.3 is 6.61 Å². The molecule has 0 saturated heterocycles. The number of hydrogen-bond acceptors (Lipinski definition) is 2. The molecule has 1 N–H and O–H groups in total. The fraction of sp³-hybridized carbons (Fsp3) is 0.600. The van der Waals surface area contributed by atoms with Crippen LogP contribution in [0.3, 0.4) is 0 Å². The third-order valence-electron chi connectivity index (χ3n) is 3.70. The van der Waals surface area contributed by atoms with Crippen molar-refractivity contribution in [1.82, 2.24) is 5.32 Å². The standard InChI is InChI=1S/C15H22ClF2NO/c1-10(2)15(3,4)9-19-8-11-7-12(16)5-6-13(11)20-14(17)18/h5-7,10,14,19H,8-9H2,1-4H3. The van der Waals surface area contributed by atoms with Crippen LogP contribution < -0.4 is 10.1 Å². The molecule has 0 fully saturated rings. The van der Waals surface area contributed by atoms with E-state index < -0.39 is 6.61 Å². The summed E-state index contributed by atoms with van der Waals surface area (Å²) in [4.78, 5) is 0. The second-order valence-corrected chi connectivity index (χ2v) is 6.31. The zero-order valence-electron chi connectivity index (χ0n) is 12.3. The molecule has 0 aliphatic heterocycles. The minimum Gasteiger partial charge on any atom is -0.434 e. The van der Waals surface area contributed by atoms with E-state index in [1.54, 1.807) is 12.1 Å². The second-order valence-electron chi connectivity index (χ2n) is 5.88. The first kappa shape index (κ1) is 17.2. The van der Waals surface area contributed by atoms with E-state index in [-0.39, 0.29) is 11.2 Å². The van der Waals surface area contributed by atoms with Gasteiger partial charge in [-0.25, -0.2) is 0 Å². The number of alkyl halides is 2. The van der Waals surface area contributed by atoms with Gasteiger partial charge in [-0.1, -0.05) is 39.3 Å². The lowest BCUT2D eigenvalue weighted by molar-refractivity contribution is -0.0505. The first-order valence-corrected chi connectivity index (χ1v) is 7.04. The smallest absolute Gasteiger partial charge is 0.387 e. The Balaban J connectivity index is 2.69. The number of benzene rings is 1. The predicted molar refractivity (Wildman–Crippen MR) is 78.4 cm³/mol. The summed E-state index contributed by atoms with van der Waals surface area (Å²) in [7, 11) is 0. The molecule has 114 valence electrons. The van der Waals surface area contributed by atoms with Crippen LogP contribution in [0.4, 0.5) is 8.78 Å². The molecule has 0 atom stereocenters. The molecule has 0 aliphatic rings. The molecule has 0 bridgehead atoms. The second kappa shape index (κ2) is 7.23. The highest BCUT2D eigenvalue weighted by Gasteiger charge is 2.21. The summed E-state index contributed by atoms with van der Waals surface area (Å²) < 4.78 is 29.2. The molecule has 1 rings (SSSR count). The third kappa shape index (κ3) is 5.25. The van der Waals surface area contributed by atoms with Crippen molar-refractivity contribution in [2.45, 2.75) is 40.9 Å². The summed E-state index contributed by atoms with van der Waals surface area (Å²) in [6, 6.07) is 4.66. The lowest BCUT2D eigenvalue weighted by Crippen LogP contribution is -2.33. The highest BCUT2D eigenvalue weighted by atomic mass is 35.5. The molecule has 0 radical (unpaired) electrons. The van der Waals surface area contributed by atoms with E-state index in [0.29, 0.717) is 23.0 Å². The van der Waals surface area contributed by atoms with E-state index in [4.69, 9.17) is 11.6 Å². The van der Waals surface area contributed by atoms with Crippen molar-refractivity contribution in [2.24, 2.45) is 11.3 Å². The van der Waals surface area contributed by atoms with Crippen LogP contribution in [0.15, 0.2) is 18.2 Å². The molecular formula is C15H22ClF2NO. The van der Waals surface area contributed by atoms with Gasteiger partial charge in [-0.05, 0) is 29.5 Å². The van der Waals surface area contributed by atoms with Crippen molar-refractivity contribution < 1.29 is 13.5 Å². The average molecular weight is 306 g/mol. The van der Waals surface area contributed by atoms with Crippen LogP contribution in [0.1, 0.15) is 33.3 Å². The Labute approximate surface area is 124 Å². The van der Waals surface area contributed by atoms with E-state index in [0.717, 1.165) is 6.54 Å². The quantitative estimate of drug-likeness (QED) is 0.787. The van der Waals surface area contributed by atoms with E-state index in [1.165, 1.54) is 6.07 Å². The molecule has 0 unspecified atom stereocenters. The van der Waals surface area contributed by atoms with Crippen molar-refractivity contribution >= 4 is 11.6 Å². The normalized spacial score (nSPS) is 12.2. The van der Waals surface area contributed by atoms with Gasteiger partial charge in [0, 0.05) is 23.7 Å². The monoisotopic (exact) mass is 305 g/mol. The minimum atomic E-state index is -2.83. The summed E-state index contributed by atoms with van der Waals surface area (Å²) >= 11 is 5.90. The summed E-state index contributed by atoms with van der Waals surface area (Å²) in [5.74, 6) is 0.686. The molecule has 0 spiro atoms. The molecule has 2 nitrogen and oxygen atoms in total. The lowest BCUT2D eigenvalue weighted by Gasteiger charge is -2.29. The van der Waals surface area contributed by atoms with Gasteiger partial charge in [0.15, 0.2) is 0 Å². The molecule has 1 aromatic carbocycles. The van der Waals surface area contributed by atoms with Crippen LogP contribution in [0.2, 0.25) is 5.02 Å². The molecular weight excluding hydrogens is 284 g/mol. The molecule has 1 aromatic rings. The Morgan fingerprint density at radius 2 is 1.95 bits per heavy atom. The van der Waals surface area contributed by atoms with Crippen molar-refractivity contribution in [3.8, 4) is 5.75 Å². The molecule has 0 saturated carbocycles. The fourth-order valence-electron chi connectivity index (χ4n) is 1.62. The van der Waals surface area contributed by atoms with Gasteiger partial charge in [-0.15, -0.1) is 0 Å². The Kier molecular flexibility index (Phi) is 6.21. The summed E-state index contributed by atoms with van der Waals surface area (Å²) in [5, 5.41) is 3.79. The Hall–Kier alpha value is -0.870. The van der Waals surface area contributed by atoms with Crippen LogP contribution in [-0.2, 0) is 6.54 Å². The summed E-state index contributed by atoms with van der Waals surface area (Å²) in [5.41, 5.74) is 0.764. The fourth-order valence-corrected chi connectivity index (χ4v) is 1.82. The highest BCUT2D eigenvalue weighted by molar-refractivity contribution is 6.30. The van der Waals surface area contributed by atoms with E-state index in [2.05, 4.69) is 37.7 Å². The Morgan fingerprint density at radius 3 is 2.50 bits per heavy atom. The van der Waals surface area contributed by atoms with Crippen LogP contribution in [0, 0.1) is 11.3 Å². The Morgan fingerprint density at radius 1 is 1.30 bits per heavy atom. The first-order valence-electron chi connectivity index (χ1n) is 6.66. The van der Waals surface area contributed by atoms with Crippen LogP contribution >= 0.6 is 11.6 Å². The van der Waals surface area contributed by atoms with Crippen molar-refractivity contribution in [3.05, 3.63) is 28.8 Å². The number of halogens is 3. The maximum Gasteiger partial charge on any atom is 0.387 e. The van der Waals surface area contributed by atoms with Crippen LogP contribution in [-0.4, -0.2) is 13.2 Å². The molecule has 0 amide bonds. The van der Waals surface area contributed by atoms with Gasteiger partial charge in [-0.2, -0.15) is 8.78 Å². The SMILES string of the molecule is CC(C)C(C)(C)CNCc1cc(Cl)ccc1OC(F)F.